The summed E-state index contributed by atoms with van der Waals surface area (Å²) in [4.78, 5) is 16.2. The van der Waals surface area contributed by atoms with E-state index in [2.05, 4.69) is 10.3 Å². The van der Waals surface area contributed by atoms with E-state index in [0.29, 0.717) is 11.3 Å². The Balaban J connectivity index is 2.08. The first-order chi connectivity index (χ1) is 9.60. The number of nitrogens with one attached hydrogen (secondary N) is 1. The Labute approximate surface area is 116 Å². The van der Waals surface area contributed by atoms with Gasteiger partial charge in [0, 0.05) is 18.3 Å². The first-order valence-electron chi connectivity index (χ1n) is 6.31. The molecule has 0 aliphatic heterocycles. The molecule has 1 atom stereocenters. The van der Waals surface area contributed by atoms with Crippen LogP contribution in [0.1, 0.15) is 34.6 Å². The molecule has 4 nitrogen and oxygen atoms in total. The molecular weight excluding hydrogens is 257 g/mol. The molecule has 0 fully saturated rings. The van der Waals surface area contributed by atoms with Crippen molar-refractivity contribution in [3.63, 3.8) is 0 Å². The molecule has 20 heavy (non-hydrogen) atoms. The Kier molecular flexibility index (Phi) is 4.42. The predicted molar refractivity (Wildman–Crippen MR) is 74.4 cm³/mol. The maximum absolute atomic E-state index is 12.9. The highest BCUT2D eigenvalue weighted by molar-refractivity contribution is 5.94. The Bertz CT molecular complexity index is 598. The third-order valence-electron chi connectivity index (χ3n) is 3.01. The van der Waals surface area contributed by atoms with Crippen molar-refractivity contribution in [1.29, 1.82) is 0 Å². The fourth-order valence-corrected chi connectivity index (χ4v) is 1.85. The van der Waals surface area contributed by atoms with Gasteiger partial charge in [0.1, 0.15) is 5.82 Å². The number of aromatic nitrogens is 1. The van der Waals surface area contributed by atoms with E-state index in [1.54, 1.807) is 30.5 Å². The van der Waals surface area contributed by atoms with Gasteiger partial charge in [0.25, 0.3) is 5.91 Å². The minimum absolute atomic E-state index is 0.209. The third-order valence-corrected chi connectivity index (χ3v) is 3.01. The first kappa shape index (κ1) is 14.1. The van der Waals surface area contributed by atoms with E-state index >= 15 is 0 Å². The fraction of sp³-hybridized carbons (Fsp3) is 0.200. The van der Waals surface area contributed by atoms with Gasteiger partial charge >= 0.3 is 0 Å². The van der Waals surface area contributed by atoms with Crippen molar-refractivity contribution < 1.29 is 9.18 Å². The summed E-state index contributed by atoms with van der Waals surface area (Å²) in [6.45, 7) is 2.13. The van der Waals surface area contributed by atoms with E-state index in [-0.39, 0.29) is 24.3 Å². The summed E-state index contributed by atoms with van der Waals surface area (Å²) in [5.41, 5.74) is 7.50. The van der Waals surface area contributed by atoms with Gasteiger partial charge in [-0.2, -0.15) is 0 Å². The lowest BCUT2D eigenvalue weighted by Gasteiger charge is -2.14. The van der Waals surface area contributed by atoms with E-state index in [0.717, 1.165) is 5.56 Å². The average Bonchev–Trinajstić information content (AvgIpc) is 2.47. The van der Waals surface area contributed by atoms with Gasteiger partial charge in [0.05, 0.1) is 11.7 Å². The van der Waals surface area contributed by atoms with Gasteiger partial charge in [-0.25, -0.2) is 4.39 Å². The number of hydrogen-bond donors (Lipinski definition) is 2. The molecule has 3 N–H and O–H groups in total. The number of pyridine rings is 1. The molecule has 1 aromatic carbocycles. The van der Waals surface area contributed by atoms with Crippen LogP contribution in [0.5, 0.6) is 0 Å². The average molecular weight is 273 g/mol. The van der Waals surface area contributed by atoms with Crippen molar-refractivity contribution in [1.82, 2.24) is 10.3 Å². The molecule has 1 amide bonds. The number of carbonyl (C=O) groups is 1. The quantitative estimate of drug-likeness (QED) is 0.897. The minimum Gasteiger partial charge on any atom is -0.346 e. The molecule has 104 valence electrons. The molecule has 0 saturated heterocycles. The summed E-state index contributed by atoms with van der Waals surface area (Å²) >= 11 is 0. The predicted octanol–water partition coefficient (Wildman–Crippen LogP) is 2.17. The zero-order valence-electron chi connectivity index (χ0n) is 11.1. The molecule has 0 bridgehead atoms. The number of amides is 1. The highest BCUT2D eigenvalue weighted by Crippen LogP contribution is 2.14. The third kappa shape index (κ3) is 3.39. The van der Waals surface area contributed by atoms with Crippen LogP contribution in [0.25, 0.3) is 0 Å². The second-order valence-electron chi connectivity index (χ2n) is 4.49. The molecule has 2 aromatic rings. The number of rotatable bonds is 4. The maximum Gasteiger partial charge on any atom is 0.251 e. The highest BCUT2D eigenvalue weighted by Gasteiger charge is 2.12. The van der Waals surface area contributed by atoms with Crippen molar-refractivity contribution in [2.75, 3.05) is 0 Å². The lowest BCUT2D eigenvalue weighted by atomic mass is 10.1. The molecule has 5 heteroatoms. The summed E-state index contributed by atoms with van der Waals surface area (Å²) in [6, 6.07) is 9.13. The molecule has 0 spiro atoms. The Morgan fingerprint density at radius 1 is 1.35 bits per heavy atom. The van der Waals surface area contributed by atoms with Gasteiger partial charge < -0.3 is 11.1 Å². The van der Waals surface area contributed by atoms with Gasteiger partial charge in [-0.15, -0.1) is 0 Å². The lowest BCUT2D eigenvalue weighted by Crippen LogP contribution is -2.26. The van der Waals surface area contributed by atoms with Crippen LogP contribution >= 0.6 is 0 Å². The van der Waals surface area contributed by atoms with E-state index < -0.39 is 0 Å². The second-order valence-corrected chi connectivity index (χ2v) is 4.49. The Hall–Kier alpha value is -2.27. The molecule has 0 saturated carbocycles. The van der Waals surface area contributed by atoms with Crippen molar-refractivity contribution >= 4 is 5.91 Å². The number of hydrogen-bond acceptors (Lipinski definition) is 3. The van der Waals surface area contributed by atoms with Crippen LogP contribution in [-0.4, -0.2) is 10.9 Å². The van der Waals surface area contributed by atoms with Crippen LogP contribution in [0.2, 0.25) is 0 Å². The van der Waals surface area contributed by atoms with E-state index in [9.17, 15) is 9.18 Å². The summed E-state index contributed by atoms with van der Waals surface area (Å²) in [6.07, 6.45) is 1.56. The normalized spacial score (nSPS) is 11.9. The first-order valence-corrected chi connectivity index (χ1v) is 6.31. The van der Waals surface area contributed by atoms with Crippen molar-refractivity contribution in [3.8, 4) is 0 Å². The Morgan fingerprint density at radius 2 is 2.05 bits per heavy atom. The summed E-state index contributed by atoms with van der Waals surface area (Å²) < 4.78 is 12.9. The molecular formula is C15H16FN3O. The fourth-order valence-electron chi connectivity index (χ4n) is 1.85. The topological polar surface area (TPSA) is 68.0 Å². The zero-order chi connectivity index (χ0) is 14.5. The largest absolute Gasteiger partial charge is 0.346 e. The van der Waals surface area contributed by atoms with Crippen LogP contribution in [0.15, 0.2) is 42.6 Å². The standard InChI is InChI=1S/C15H16FN3O/c1-10(11-2-4-13(16)5-3-11)19-15(20)12-6-7-18-14(8-12)9-17/h2-8,10H,9,17H2,1H3,(H,19,20)/t10-/m0/s1. The highest BCUT2D eigenvalue weighted by atomic mass is 19.1. The molecule has 2 rings (SSSR count). The number of nitrogens with two attached hydrogens (primary N) is 1. The van der Waals surface area contributed by atoms with Crippen molar-refractivity contribution in [2.24, 2.45) is 5.73 Å². The van der Waals surface area contributed by atoms with Crippen LogP contribution in [-0.2, 0) is 6.54 Å². The zero-order valence-corrected chi connectivity index (χ0v) is 11.1. The van der Waals surface area contributed by atoms with Gasteiger partial charge in [-0.05, 0) is 36.8 Å². The second kappa shape index (κ2) is 6.25. The summed E-state index contributed by atoms with van der Waals surface area (Å²) in [5.74, 6) is -0.507. The molecule has 1 aromatic heterocycles. The smallest absolute Gasteiger partial charge is 0.251 e. The van der Waals surface area contributed by atoms with Crippen LogP contribution in [0, 0.1) is 5.82 Å². The van der Waals surface area contributed by atoms with Crippen molar-refractivity contribution in [2.45, 2.75) is 19.5 Å². The molecule has 0 aliphatic rings. The van der Waals surface area contributed by atoms with E-state index in [4.69, 9.17) is 5.73 Å². The van der Waals surface area contributed by atoms with Crippen LogP contribution < -0.4 is 11.1 Å². The van der Waals surface area contributed by atoms with Gasteiger partial charge in [-0.3, -0.25) is 9.78 Å². The van der Waals surface area contributed by atoms with Crippen LogP contribution in [0.3, 0.4) is 0 Å². The Morgan fingerprint density at radius 3 is 2.70 bits per heavy atom. The lowest BCUT2D eigenvalue weighted by molar-refractivity contribution is 0.0939. The van der Waals surface area contributed by atoms with Crippen LogP contribution in [0.4, 0.5) is 4.39 Å². The number of halogens is 1. The number of nitrogens with zero attached hydrogens (tertiary/aromatic N) is 1. The molecule has 1 heterocycles. The van der Waals surface area contributed by atoms with Gasteiger partial charge in [0.15, 0.2) is 0 Å². The van der Waals surface area contributed by atoms with Gasteiger partial charge in [-0.1, -0.05) is 12.1 Å². The molecule has 0 radical (unpaired) electrons. The van der Waals surface area contributed by atoms with E-state index in [1.807, 2.05) is 6.92 Å². The number of carbonyl (C=O) groups excluding carboxylic acids is 1. The van der Waals surface area contributed by atoms with E-state index in [1.165, 1.54) is 12.1 Å². The monoisotopic (exact) mass is 273 g/mol. The minimum atomic E-state index is -0.297. The SMILES string of the molecule is C[C@H](NC(=O)c1ccnc(CN)c1)c1ccc(F)cc1. The summed E-state index contributed by atoms with van der Waals surface area (Å²) in [7, 11) is 0. The maximum atomic E-state index is 12.9. The summed E-state index contributed by atoms with van der Waals surface area (Å²) in [5, 5.41) is 2.85. The molecule has 0 unspecified atom stereocenters. The van der Waals surface area contributed by atoms with Gasteiger partial charge in [0.2, 0.25) is 0 Å². The van der Waals surface area contributed by atoms with Crippen molar-refractivity contribution in [3.05, 3.63) is 65.2 Å². The molecule has 0 aliphatic carbocycles. The number of benzene rings is 1.